The average Bonchev–Trinajstić information content (AvgIpc) is 2.97. The molecule has 2 aromatic carbocycles. The van der Waals surface area contributed by atoms with Gasteiger partial charge in [-0.15, -0.1) is 0 Å². The lowest BCUT2D eigenvalue weighted by Gasteiger charge is -2.11. The maximum absolute atomic E-state index is 5.66. The Bertz CT molecular complexity index is 554. The van der Waals surface area contributed by atoms with Crippen LogP contribution < -0.4 is 15.4 Å². The molecule has 1 aliphatic rings. The first-order chi connectivity index (χ1) is 9.93. The van der Waals surface area contributed by atoms with Gasteiger partial charge in [-0.2, -0.15) is 0 Å². The molecule has 0 unspecified atom stereocenters. The molecule has 0 spiro atoms. The topological polar surface area (TPSA) is 33.3 Å². The van der Waals surface area contributed by atoms with Gasteiger partial charge in [0.2, 0.25) is 0 Å². The van der Waals surface area contributed by atoms with Gasteiger partial charge in [0.25, 0.3) is 0 Å². The van der Waals surface area contributed by atoms with Gasteiger partial charge in [0.05, 0.1) is 0 Å². The molecule has 0 saturated heterocycles. The second kappa shape index (κ2) is 6.44. The van der Waals surface area contributed by atoms with Gasteiger partial charge < -0.3 is 15.4 Å². The lowest BCUT2D eigenvalue weighted by Crippen LogP contribution is -2.21. The van der Waals surface area contributed by atoms with Crippen LogP contribution in [0.4, 0.5) is 5.69 Å². The number of benzene rings is 2. The van der Waals surface area contributed by atoms with E-state index in [4.69, 9.17) is 4.74 Å². The van der Waals surface area contributed by atoms with E-state index in [2.05, 4.69) is 28.8 Å². The van der Waals surface area contributed by atoms with Crippen molar-refractivity contribution in [2.45, 2.75) is 13.0 Å². The number of ether oxygens (including phenoxy) is 1. The summed E-state index contributed by atoms with van der Waals surface area (Å²) in [5.41, 5.74) is 4.11. The summed E-state index contributed by atoms with van der Waals surface area (Å²) < 4.78 is 5.66. The zero-order chi connectivity index (χ0) is 13.6. The van der Waals surface area contributed by atoms with Crippen molar-refractivity contribution in [3.05, 3.63) is 59.7 Å². The van der Waals surface area contributed by atoms with E-state index < -0.39 is 0 Å². The second-order valence-electron chi connectivity index (χ2n) is 4.97. The summed E-state index contributed by atoms with van der Waals surface area (Å²) in [6.45, 7) is 3.48. The number of nitrogens with one attached hydrogen (secondary N) is 2. The van der Waals surface area contributed by atoms with Crippen LogP contribution >= 0.6 is 0 Å². The molecule has 3 nitrogen and oxygen atoms in total. The predicted molar refractivity (Wildman–Crippen MR) is 82.3 cm³/mol. The molecule has 1 heterocycles. The van der Waals surface area contributed by atoms with E-state index in [1.165, 1.54) is 16.8 Å². The Hall–Kier alpha value is -2.00. The number of rotatable bonds is 6. The van der Waals surface area contributed by atoms with Crippen molar-refractivity contribution in [2.75, 3.05) is 25.0 Å². The lowest BCUT2D eigenvalue weighted by molar-refractivity contribution is 0.313. The van der Waals surface area contributed by atoms with E-state index in [0.717, 1.165) is 31.8 Å². The third-order valence-corrected chi connectivity index (χ3v) is 3.54. The number of anilines is 1. The highest BCUT2D eigenvalue weighted by Gasteiger charge is 2.12. The molecule has 1 aliphatic heterocycles. The van der Waals surface area contributed by atoms with E-state index in [1.807, 2.05) is 30.3 Å². The fourth-order valence-corrected chi connectivity index (χ4v) is 2.54. The maximum atomic E-state index is 5.66. The first-order valence-corrected chi connectivity index (χ1v) is 7.17. The van der Waals surface area contributed by atoms with Crippen LogP contribution in [0, 0.1) is 0 Å². The molecule has 0 aliphatic carbocycles. The average molecular weight is 268 g/mol. The summed E-state index contributed by atoms with van der Waals surface area (Å²) in [5, 5.41) is 6.90. The zero-order valence-electron chi connectivity index (χ0n) is 11.6. The normalized spacial score (nSPS) is 12.8. The van der Waals surface area contributed by atoms with Gasteiger partial charge in [0.1, 0.15) is 12.4 Å². The summed E-state index contributed by atoms with van der Waals surface area (Å²) >= 11 is 0. The van der Waals surface area contributed by atoms with Crippen molar-refractivity contribution < 1.29 is 4.74 Å². The first-order valence-electron chi connectivity index (χ1n) is 7.17. The highest BCUT2D eigenvalue weighted by molar-refractivity contribution is 5.61. The van der Waals surface area contributed by atoms with Crippen molar-refractivity contribution in [1.82, 2.24) is 5.32 Å². The smallest absolute Gasteiger partial charge is 0.119 e. The Kier molecular flexibility index (Phi) is 4.19. The molecule has 0 fully saturated rings. The van der Waals surface area contributed by atoms with Crippen molar-refractivity contribution in [3.8, 4) is 5.75 Å². The predicted octanol–water partition coefficient (Wildman–Crippen LogP) is 2.82. The van der Waals surface area contributed by atoms with Crippen molar-refractivity contribution in [2.24, 2.45) is 0 Å². The Labute approximate surface area is 120 Å². The summed E-state index contributed by atoms with van der Waals surface area (Å²) in [5.74, 6) is 0.927. The molecule has 3 heteroatoms. The van der Waals surface area contributed by atoms with Crippen molar-refractivity contribution >= 4 is 5.69 Å². The molecule has 0 radical (unpaired) electrons. The van der Waals surface area contributed by atoms with Gasteiger partial charge >= 0.3 is 0 Å². The molecule has 0 saturated carbocycles. The molecule has 3 rings (SSSR count). The van der Waals surface area contributed by atoms with E-state index in [1.54, 1.807) is 0 Å². The molecule has 104 valence electrons. The molecule has 0 aromatic heterocycles. The van der Waals surface area contributed by atoms with E-state index >= 15 is 0 Å². The Balaban J connectivity index is 1.43. The highest BCUT2D eigenvalue weighted by Crippen LogP contribution is 2.26. The Morgan fingerprint density at radius 2 is 1.95 bits per heavy atom. The molecule has 0 amide bonds. The van der Waals surface area contributed by atoms with Crippen LogP contribution in [0.5, 0.6) is 5.75 Å². The van der Waals surface area contributed by atoms with Gasteiger partial charge in [-0.05, 0) is 29.7 Å². The van der Waals surface area contributed by atoms with Gasteiger partial charge in [-0.1, -0.05) is 36.4 Å². The number of hydrogen-bond acceptors (Lipinski definition) is 3. The van der Waals surface area contributed by atoms with E-state index in [9.17, 15) is 0 Å². The first kappa shape index (κ1) is 13.0. The summed E-state index contributed by atoms with van der Waals surface area (Å²) in [6.07, 6.45) is 1.14. The summed E-state index contributed by atoms with van der Waals surface area (Å²) in [4.78, 5) is 0. The molecule has 2 aromatic rings. The van der Waals surface area contributed by atoms with Crippen LogP contribution in [0.15, 0.2) is 48.5 Å². The van der Waals surface area contributed by atoms with Gasteiger partial charge in [0, 0.05) is 25.3 Å². The van der Waals surface area contributed by atoms with E-state index in [0.29, 0.717) is 6.61 Å². The fourth-order valence-electron chi connectivity index (χ4n) is 2.54. The summed E-state index contributed by atoms with van der Waals surface area (Å²) in [6, 6.07) is 16.5. The molecule has 0 atom stereocenters. The van der Waals surface area contributed by atoms with E-state index in [-0.39, 0.29) is 0 Å². The molecular formula is C17H20N2O. The van der Waals surface area contributed by atoms with Crippen LogP contribution in [0.25, 0.3) is 0 Å². The number of para-hydroxylation sites is 2. The van der Waals surface area contributed by atoms with Crippen molar-refractivity contribution in [1.29, 1.82) is 0 Å². The monoisotopic (exact) mass is 268 g/mol. The number of fused-ring (bicyclic) bond motifs is 1. The van der Waals surface area contributed by atoms with Crippen molar-refractivity contribution in [3.63, 3.8) is 0 Å². The lowest BCUT2D eigenvalue weighted by atomic mass is 10.1. The van der Waals surface area contributed by atoms with Crippen LogP contribution in [0.2, 0.25) is 0 Å². The maximum Gasteiger partial charge on any atom is 0.119 e. The summed E-state index contributed by atoms with van der Waals surface area (Å²) in [7, 11) is 0. The third-order valence-electron chi connectivity index (χ3n) is 3.54. The second-order valence-corrected chi connectivity index (χ2v) is 4.97. The molecule has 20 heavy (non-hydrogen) atoms. The number of hydrogen-bond donors (Lipinski definition) is 2. The fraction of sp³-hybridized carbons (Fsp3) is 0.294. The minimum absolute atomic E-state index is 0.687. The SMILES string of the molecule is c1ccc(OCCNCc2cccc3c2NCC3)cc1. The van der Waals surface area contributed by atoms with Crippen LogP contribution in [-0.2, 0) is 13.0 Å². The Morgan fingerprint density at radius 3 is 2.85 bits per heavy atom. The largest absolute Gasteiger partial charge is 0.492 e. The zero-order valence-corrected chi connectivity index (χ0v) is 11.6. The van der Waals surface area contributed by atoms with Gasteiger partial charge in [-0.3, -0.25) is 0 Å². The quantitative estimate of drug-likeness (QED) is 0.790. The molecular weight excluding hydrogens is 248 g/mol. The molecule has 0 bridgehead atoms. The third kappa shape index (κ3) is 3.11. The van der Waals surface area contributed by atoms with Gasteiger partial charge in [-0.25, -0.2) is 0 Å². The minimum atomic E-state index is 0.687. The minimum Gasteiger partial charge on any atom is -0.492 e. The Morgan fingerprint density at radius 1 is 1.05 bits per heavy atom. The highest BCUT2D eigenvalue weighted by atomic mass is 16.5. The van der Waals surface area contributed by atoms with Crippen LogP contribution in [0.3, 0.4) is 0 Å². The van der Waals surface area contributed by atoms with Crippen LogP contribution in [-0.4, -0.2) is 19.7 Å². The standard InChI is InChI=1S/C17H20N2O/c1-2-7-16(8-3-1)20-12-11-18-13-15-6-4-5-14-9-10-19-17(14)15/h1-8,18-19H,9-13H2. The van der Waals surface area contributed by atoms with Gasteiger partial charge in [0.15, 0.2) is 0 Å². The van der Waals surface area contributed by atoms with Crippen LogP contribution in [0.1, 0.15) is 11.1 Å². The molecule has 2 N–H and O–H groups in total.